The van der Waals surface area contributed by atoms with Crippen LogP contribution >= 0.6 is 0 Å². The molecule has 0 saturated heterocycles. The third kappa shape index (κ3) is 17.9. The molecule has 1 rings (SSSR count). The molecule has 0 fully saturated rings. The molecule has 0 heterocycles. The highest BCUT2D eigenvalue weighted by molar-refractivity contribution is 5.91. The molecule has 1 aromatic carbocycles. The number of methoxy groups -OCH3 is 2. The molecule has 3 N–H and O–H groups in total. The first-order valence-corrected chi connectivity index (χ1v) is 15.5. The van der Waals surface area contributed by atoms with Crippen molar-refractivity contribution >= 4 is 41.8 Å². The molecule has 15 nitrogen and oxygen atoms in total. The highest BCUT2D eigenvalue weighted by Crippen LogP contribution is 2.13. The Labute approximate surface area is 281 Å². The van der Waals surface area contributed by atoms with Crippen molar-refractivity contribution < 1.29 is 57.2 Å². The van der Waals surface area contributed by atoms with Crippen LogP contribution in [0, 0.1) is 0 Å². The van der Waals surface area contributed by atoms with Crippen molar-refractivity contribution in [2.75, 3.05) is 14.2 Å². The summed E-state index contributed by atoms with van der Waals surface area (Å²) in [5.74, 6) is -4.38. The van der Waals surface area contributed by atoms with Crippen molar-refractivity contribution in [2.24, 2.45) is 0 Å². The largest absolute Gasteiger partial charge is 0.469 e. The van der Waals surface area contributed by atoms with Gasteiger partial charge in [-0.1, -0.05) is 30.3 Å². The molecule has 0 saturated carbocycles. The standard InChI is InChI=1S/C33H49N3O12/c1-32(2,3)47-27(39)19-16-23(29(41)45-8)34-25(37)17-14-22(36-31(43)46-20-21-12-10-9-11-13-21)28(40)35-24(15-18-26(38)44-7)30(42)48-33(4,5)6/h9-13,22-24H,14-20H2,1-8H3,(H,34,37)(H,35,40)(H,36,43)/t22-,23-,24-/m0/s1. The monoisotopic (exact) mass is 679 g/mol. The SMILES string of the molecule is COC(=O)CC[C@H](NC(=O)[C@H](CCC(=O)N[C@@H](CCC(=O)OC(C)(C)C)C(=O)OC)NC(=O)OCc1ccccc1)C(=O)OC(C)(C)C. The van der Waals surface area contributed by atoms with E-state index in [0.29, 0.717) is 5.56 Å². The van der Waals surface area contributed by atoms with Gasteiger partial charge in [0.1, 0.15) is 35.9 Å². The molecule has 268 valence electrons. The van der Waals surface area contributed by atoms with Crippen LogP contribution in [0.3, 0.4) is 0 Å². The highest BCUT2D eigenvalue weighted by atomic mass is 16.6. The first-order valence-electron chi connectivity index (χ1n) is 15.5. The van der Waals surface area contributed by atoms with E-state index >= 15 is 0 Å². The molecule has 0 aliphatic carbocycles. The van der Waals surface area contributed by atoms with Crippen LogP contribution in [-0.4, -0.2) is 85.3 Å². The van der Waals surface area contributed by atoms with Crippen LogP contribution < -0.4 is 16.0 Å². The van der Waals surface area contributed by atoms with E-state index in [1.165, 1.54) is 7.11 Å². The third-order valence-corrected chi connectivity index (χ3v) is 6.23. The van der Waals surface area contributed by atoms with Crippen molar-refractivity contribution in [1.82, 2.24) is 16.0 Å². The second kappa shape index (κ2) is 19.9. The average Bonchev–Trinajstić information content (AvgIpc) is 3.00. The lowest BCUT2D eigenvalue weighted by Crippen LogP contribution is -2.53. The van der Waals surface area contributed by atoms with Gasteiger partial charge in [-0.25, -0.2) is 14.4 Å². The number of alkyl carbamates (subject to hydrolysis) is 1. The van der Waals surface area contributed by atoms with Gasteiger partial charge >= 0.3 is 30.0 Å². The topological polar surface area (TPSA) is 202 Å². The van der Waals surface area contributed by atoms with Crippen LogP contribution in [0.5, 0.6) is 0 Å². The van der Waals surface area contributed by atoms with Gasteiger partial charge in [0.15, 0.2) is 0 Å². The fraction of sp³-hybridized carbons (Fsp3) is 0.606. The molecule has 0 aliphatic rings. The van der Waals surface area contributed by atoms with E-state index < -0.39 is 71.1 Å². The molecule has 0 aliphatic heterocycles. The van der Waals surface area contributed by atoms with E-state index in [1.54, 1.807) is 71.9 Å². The predicted octanol–water partition coefficient (Wildman–Crippen LogP) is 2.62. The zero-order valence-corrected chi connectivity index (χ0v) is 29.0. The maximum Gasteiger partial charge on any atom is 0.408 e. The van der Waals surface area contributed by atoms with Gasteiger partial charge < -0.3 is 39.6 Å². The van der Waals surface area contributed by atoms with Crippen molar-refractivity contribution in [3.63, 3.8) is 0 Å². The number of nitrogens with one attached hydrogen (secondary N) is 3. The summed E-state index contributed by atoms with van der Waals surface area (Å²) in [7, 11) is 2.30. The summed E-state index contributed by atoms with van der Waals surface area (Å²) in [6.45, 7) is 9.85. The Morgan fingerprint density at radius 3 is 1.71 bits per heavy atom. The number of hydrogen-bond acceptors (Lipinski definition) is 12. The number of amides is 3. The number of carbonyl (C=O) groups excluding carboxylic acids is 7. The van der Waals surface area contributed by atoms with E-state index in [4.69, 9.17) is 18.9 Å². The highest BCUT2D eigenvalue weighted by Gasteiger charge is 2.32. The number of ether oxygens (including phenoxy) is 5. The van der Waals surface area contributed by atoms with Gasteiger partial charge in [0, 0.05) is 19.3 Å². The molecule has 15 heteroatoms. The lowest BCUT2D eigenvalue weighted by atomic mass is 10.1. The Bertz CT molecular complexity index is 1250. The molecule has 0 aromatic heterocycles. The fourth-order valence-electron chi connectivity index (χ4n) is 4.02. The van der Waals surface area contributed by atoms with E-state index in [1.807, 2.05) is 0 Å². The van der Waals surface area contributed by atoms with E-state index in [-0.39, 0.29) is 45.1 Å². The average molecular weight is 680 g/mol. The Hall–Kier alpha value is -4.69. The fourth-order valence-corrected chi connectivity index (χ4v) is 4.02. The first-order chi connectivity index (χ1) is 22.3. The zero-order valence-electron chi connectivity index (χ0n) is 29.0. The van der Waals surface area contributed by atoms with Crippen LogP contribution in [0.1, 0.15) is 85.6 Å². The van der Waals surface area contributed by atoms with Crippen LogP contribution in [0.2, 0.25) is 0 Å². The molecule has 1 aromatic rings. The van der Waals surface area contributed by atoms with Crippen molar-refractivity contribution in [2.45, 2.75) is 116 Å². The summed E-state index contributed by atoms with van der Waals surface area (Å²) in [4.78, 5) is 88.3. The Morgan fingerprint density at radius 1 is 0.625 bits per heavy atom. The minimum absolute atomic E-state index is 0.111. The molecule has 0 unspecified atom stereocenters. The van der Waals surface area contributed by atoms with Gasteiger partial charge in [0.2, 0.25) is 11.8 Å². The second-order valence-electron chi connectivity index (χ2n) is 12.8. The van der Waals surface area contributed by atoms with Gasteiger partial charge in [-0.2, -0.15) is 0 Å². The van der Waals surface area contributed by atoms with E-state index in [2.05, 4.69) is 20.7 Å². The number of hydrogen-bond donors (Lipinski definition) is 3. The van der Waals surface area contributed by atoms with Gasteiger partial charge in [-0.3, -0.25) is 19.2 Å². The van der Waals surface area contributed by atoms with Gasteiger partial charge in [0.25, 0.3) is 0 Å². The Kier molecular flexibility index (Phi) is 17.1. The minimum atomic E-state index is -1.40. The molecule has 0 radical (unpaired) electrons. The lowest BCUT2D eigenvalue weighted by molar-refractivity contribution is -0.159. The number of rotatable bonds is 17. The Morgan fingerprint density at radius 2 is 1.17 bits per heavy atom. The molecule has 3 atom stereocenters. The number of benzene rings is 1. The molecular formula is C33H49N3O12. The summed E-state index contributed by atoms with van der Waals surface area (Å²) in [6, 6.07) is 4.87. The van der Waals surface area contributed by atoms with Crippen LogP contribution in [0.4, 0.5) is 4.79 Å². The van der Waals surface area contributed by atoms with Gasteiger partial charge in [-0.15, -0.1) is 0 Å². The van der Waals surface area contributed by atoms with Crippen LogP contribution in [0.15, 0.2) is 30.3 Å². The van der Waals surface area contributed by atoms with Crippen molar-refractivity contribution in [3.05, 3.63) is 35.9 Å². The molecule has 48 heavy (non-hydrogen) atoms. The van der Waals surface area contributed by atoms with Crippen molar-refractivity contribution in [1.29, 1.82) is 0 Å². The maximum atomic E-state index is 13.5. The smallest absolute Gasteiger partial charge is 0.408 e. The summed E-state index contributed by atoms with van der Waals surface area (Å²) < 4.78 is 25.3. The normalized spacial score (nSPS) is 13.1. The van der Waals surface area contributed by atoms with Crippen molar-refractivity contribution in [3.8, 4) is 0 Å². The zero-order chi connectivity index (χ0) is 36.5. The molecule has 0 bridgehead atoms. The van der Waals surface area contributed by atoms with Crippen LogP contribution in [0.25, 0.3) is 0 Å². The predicted molar refractivity (Wildman–Crippen MR) is 171 cm³/mol. The summed E-state index contributed by atoms with van der Waals surface area (Å²) in [6.07, 6.45) is -2.34. The Balaban J connectivity index is 3.09. The quantitative estimate of drug-likeness (QED) is 0.161. The number of esters is 4. The maximum absolute atomic E-state index is 13.5. The molecule has 0 spiro atoms. The summed E-state index contributed by atoms with van der Waals surface area (Å²) in [5, 5.41) is 7.38. The summed E-state index contributed by atoms with van der Waals surface area (Å²) >= 11 is 0. The lowest BCUT2D eigenvalue weighted by Gasteiger charge is -2.26. The molecule has 3 amide bonds. The van der Waals surface area contributed by atoms with Gasteiger partial charge in [0.05, 0.1) is 14.2 Å². The summed E-state index contributed by atoms with van der Waals surface area (Å²) in [5.41, 5.74) is -0.976. The van der Waals surface area contributed by atoms with Crippen LogP contribution in [-0.2, 0) is 59.1 Å². The van der Waals surface area contributed by atoms with E-state index in [0.717, 1.165) is 7.11 Å². The first kappa shape index (κ1) is 41.3. The third-order valence-electron chi connectivity index (χ3n) is 6.23. The van der Waals surface area contributed by atoms with E-state index in [9.17, 15) is 33.6 Å². The second-order valence-corrected chi connectivity index (χ2v) is 12.8. The molecular weight excluding hydrogens is 630 g/mol. The number of carbonyl (C=O) groups is 7. The minimum Gasteiger partial charge on any atom is -0.469 e. The van der Waals surface area contributed by atoms with Gasteiger partial charge in [-0.05, 0) is 66.4 Å².